The molecule has 0 aliphatic rings. The predicted molar refractivity (Wildman–Crippen MR) is 111 cm³/mol. The normalized spacial score (nSPS) is 10.8. The van der Waals surface area contributed by atoms with Gasteiger partial charge in [-0.25, -0.2) is 4.98 Å². The Morgan fingerprint density at radius 3 is 2.50 bits per heavy atom. The summed E-state index contributed by atoms with van der Waals surface area (Å²) >= 11 is 1.35. The summed E-state index contributed by atoms with van der Waals surface area (Å²) in [6, 6.07) is 13.1. The largest absolute Gasteiger partial charge is 0.338 e. The summed E-state index contributed by atoms with van der Waals surface area (Å²) in [5, 5.41) is 2.39. The Balaban J connectivity index is 1.69. The molecule has 6 nitrogen and oxygen atoms in total. The first-order valence-electron chi connectivity index (χ1n) is 8.68. The zero-order valence-electron chi connectivity index (χ0n) is 15.6. The van der Waals surface area contributed by atoms with E-state index in [1.54, 1.807) is 35.3 Å². The molecule has 0 aliphatic heterocycles. The van der Waals surface area contributed by atoms with Crippen molar-refractivity contribution in [2.24, 2.45) is 0 Å². The Hall–Kier alpha value is -3.32. The van der Waals surface area contributed by atoms with Crippen molar-refractivity contribution >= 4 is 40.0 Å². The van der Waals surface area contributed by atoms with Crippen molar-refractivity contribution in [1.82, 2.24) is 14.9 Å². The molecule has 0 aliphatic carbocycles. The van der Waals surface area contributed by atoms with E-state index in [0.717, 1.165) is 11.3 Å². The van der Waals surface area contributed by atoms with Crippen molar-refractivity contribution in [2.45, 2.75) is 13.5 Å². The predicted octanol–water partition coefficient (Wildman–Crippen LogP) is 3.89. The molecule has 1 aromatic carbocycles. The first-order valence-corrected chi connectivity index (χ1v) is 9.56. The average molecular weight is 392 g/mol. The maximum atomic E-state index is 12.3. The number of carbonyl (C=O) groups is 2. The van der Waals surface area contributed by atoms with Crippen molar-refractivity contribution in [3.05, 3.63) is 77.6 Å². The molecule has 2 aromatic heterocycles. The van der Waals surface area contributed by atoms with Gasteiger partial charge in [0.05, 0.1) is 11.4 Å². The molecule has 7 heteroatoms. The van der Waals surface area contributed by atoms with Gasteiger partial charge in [-0.2, -0.15) is 0 Å². The molecule has 0 N–H and O–H groups in total. The van der Waals surface area contributed by atoms with Gasteiger partial charge in [-0.3, -0.25) is 19.5 Å². The molecule has 0 atom stereocenters. The monoisotopic (exact) mass is 392 g/mol. The second-order valence-electron chi connectivity index (χ2n) is 6.13. The second kappa shape index (κ2) is 9.05. The number of pyridine rings is 1. The van der Waals surface area contributed by atoms with E-state index in [0.29, 0.717) is 17.4 Å². The number of nitrogens with zero attached hydrogens (tertiary/aromatic N) is 4. The van der Waals surface area contributed by atoms with Gasteiger partial charge in [-0.1, -0.05) is 18.2 Å². The fraction of sp³-hybridized carbons (Fsp3) is 0.143. The molecule has 0 fully saturated rings. The van der Waals surface area contributed by atoms with Gasteiger partial charge in [0.15, 0.2) is 5.13 Å². The van der Waals surface area contributed by atoms with Crippen LogP contribution in [0.1, 0.15) is 18.2 Å². The van der Waals surface area contributed by atoms with Crippen molar-refractivity contribution in [3.8, 4) is 0 Å². The number of hydrogen-bond acceptors (Lipinski definition) is 5. The number of rotatable bonds is 6. The first-order chi connectivity index (χ1) is 13.5. The molecule has 0 radical (unpaired) electrons. The summed E-state index contributed by atoms with van der Waals surface area (Å²) in [5.41, 5.74) is 2.40. The number of para-hydroxylation sites is 1. The highest BCUT2D eigenvalue weighted by Gasteiger charge is 2.17. The number of hydrogen-bond donors (Lipinski definition) is 0. The third-order valence-electron chi connectivity index (χ3n) is 3.97. The molecule has 0 saturated carbocycles. The fourth-order valence-corrected chi connectivity index (χ4v) is 3.44. The standard InChI is InChI=1S/C21H20N4O2S/c1-16(26)25(19-6-4-3-5-7-19)21-23-18(15-28-21)8-9-20(27)24(2)14-17-10-12-22-13-11-17/h3-13,15H,14H2,1-2H3/b9-8+. The van der Waals surface area contributed by atoms with Crippen LogP contribution >= 0.6 is 11.3 Å². The molecule has 2 amide bonds. The van der Waals surface area contributed by atoms with Gasteiger partial charge in [-0.05, 0) is 35.9 Å². The third kappa shape index (κ3) is 4.89. The zero-order valence-corrected chi connectivity index (χ0v) is 16.5. The van der Waals surface area contributed by atoms with Gasteiger partial charge < -0.3 is 4.90 Å². The summed E-state index contributed by atoms with van der Waals surface area (Å²) in [6.45, 7) is 2.00. The Labute approximate surface area is 167 Å². The lowest BCUT2D eigenvalue weighted by Crippen LogP contribution is -2.24. The molecule has 142 valence electrons. The topological polar surface area (TPSA) is 66.4 Å². The van der Waals surface area contributed by atoms with Crippen LogP contribution in [0.15, 0.2) is 66.3 Å². The fourth-order valence-electron chi connectivity index (χ4n) is 2.58. The zero-order chi connectivity index (χ0) is 19.9. The molecular formula is C21H20N4O2S. The van der Waals surface area contributed by atoms with Crippen molar-refractivity contribution < 1.29 is 9.59 Å². The molecule has 0 saturated heterocycles. The number of aromatic nitrogens is 2. The molecular weight excluding hydrogens is 372 g/mol. The van der Waals surface area contributed by atoms with E-state index in [-0.39, 0.29) is 11.8 Å². The average Bonchev–Trinajstić information content (AvgIpc) is 3.16. The highest BCUT2D eigenvalue weighted by molar-refractivity contribution is 7.14. The van der Waals surface area contributed by atoms with E-state index in [4.69, 9.17) is 0 Å². The van der Waals surface area contributed by atoms with Crippen LogP contribution in [0.4, 0.5) is 10.8 Å². The van der Waals surface area contributed by atoms with E-state index in [1.807, 2.05) is 47.8 Å². The van der Waals surface area contributed by atoms with E-state index in [2.05, 4.69) is 9.97 Å². The first kappa shape index (κ1) is 19.4. The Morgan fingerprint density at radius 2 is 1.82 bits per heavy atom. The highest BCUT2D eigenvalue weighted by atomic mass is 32.1. The van der Waals surface area contributed by atoms with Crippen LogP contribution in [0.2, 0.25) is 0 Å². The van der Waals surface area contributed by atoms with E-state index < -0.39 is 0 Å². The Morgan fingerprint density at radius 1 is 1.11 bits per heavy atom. The third-order valence-corrected chi connectivity index (χ3v) is 4.82. The highest BCUT2D eigenvalue weighted by Crippen LogP contribution is 2.29. The molecule has 3 aromatic rings. The van der Waals surface area contributed by atoms with Crippen LogP contribution < -0.4 is 4.90 Å². The van der Waals surface area contributed by atoms with E-state index >= 15 is 0 Å². The maximum Gasteiger partial charge on any atom is 0.246 e. The van der Waals surface area contributed by atoms with Crippen LogP contribution in [-0.4, -0.2) is 33.7 Å². The summed E-state index contributed by atoms with van der Waals surface area (Å²) in [4.78, 5) is 36.0. The van der Waals surface area contributed by atoms with Gasteiger partial charge in [0.2, 0.25) is 11.8 Å². The lowest BCUT2D eigenvalue weighted by molar-refractivity contribution is -0.125. The SMILES string of the molecule is CC(=O)N(c1ccccc1)c1nc(/C=C/C(=O)N(C)Cc2ccncc2)cs1. The lowest BCUT2D eigenvalue weighted by Gasteiger charge is -2.17. The van der Waals surface area contributed by atoms with Crippen LogP contribution in [0.5, 0.6) is 0 Å². The van der Waals surface area contributed by atoms with E-state index in [1.165, 1.54) is 24.3 Å². The quantitative estimate of drug-likeness (QED) is 0.597. The number of carbonyl (C=O) groups excluding carboxylic acids is 2. The van der Waals surface area contributed by atoms with Crippen LogP contribution in [0.25, 0.3) is 6.08 Å². The Bertz CT molecular complexity index is 970. The molecule has 0 unspecified atom stereocenters. The number of likely N-dealkylation sites (N-methyl/N-ethyl adjacent to an activating group) is 1. The van der Waals surface area contributed by atoms with Crippen LogP contribution in [-0.2, 0) is 16.1 Å². The summed E-state index contributed by atoms with van der Waals surface area (Å²) in [5.74, 6) is -0.248. The summed E-state index contributed by atoms with van der Waals surface area (Å²) < 4.78 is 0. The Kier molecular flexibility index (Phi) is 6.29. The smallest absolute Gasteiger partial charge is 0.246 e. The number of anilines is 2. The molecule has 0 bridgehead atoms. The molecule has 0 spiro atoms. The minimum atomic E-state index is -0.127. The van der Waals surface area contributed by atoms with Gasteiger partial charge in [-0.15, -0.1) is 11.3 Å². The minimum absolute atomic E-state index is 0.121. The number of amides is 2. The van der Waals surface area contributed by atoms with Gasteiger partial charge in [0.25, 0.3) is 0 Å². The second-order valence-corrected chi connectivity index (χ2v) is 6.96. The molecule has 28 heavy (non-hydrogen) atoms. The summed E-state index contributed by atoms with van der Waals surface area (Å²) in [6.07, 6.45) is 6.55. The maximum absolute atomic E-state index is 12.3. The summed E-state index contributed by atoms with van der Waals surface area (Å²) in [7, 11) is 1.74. The van der Waals surface area contributed by atoms with E-state index in [9.17, 15) is 9.59 Å². The lowest BCUT2D eigenvalue weighted by atomic mass is 10.2. The van der Waals surface area contributed by atoms with Crippen LogP contribution in [0.3, 0.4) is 0 Å². The van der Waals surface area contributed by atoms with Crippen molar-refractivity contribution in [2.75, 3.05) is 11.9 Å². The van der Waals surface area contributed by atoms with Gasteiger partial charge in [0, 0.05) is 44.4 Å². The van der Waals surface area contributed by atoms with Crippen molar-refractivity contribution in [1.29, 1.82) is 0 Å². The van der Waals surface area contributed by atoms with Gasteiger partial charge in [0.1, 0.15) is 0 Å². The number of benzene rings is 1. The minimum Gasteiger partial charge on any atom is -0.338 e. The van der Waals surface area contributed by atoms with Crippen molar-refractivity contribution in [3.63, 3.8) is 0 Å². The molecule has 3 rings (SSSR count). The van der Waals surface area contributed by atoms with Gasteiger partial charge >= 0.3 is 0 Å². The molecule has 2 heterocycles. The van der Waals surface area contributed by atoms with Crippen LogP contribution in [0, 0.1) is 0 Å². The number of thiazole rings is 1.